The van der Waals surface area contributed by atoms with E-state index >= 15 is 0 Å². The molecule has 0 aliphatic carbocycles. The highest BCUT2D eigenvalue weighted by atomic mass is 19.1. The second-order valence-electron chi connectivity index (χ2n) is 6.72. The molecule has 1 aliphatic rings. The molecule has 1 unspecified atom stereocenters. The van der Waals surface area contributed by atoms with Crippen molar-refractivity contribution in [3.8, 4) is 0 Å². The van der Waals surface area contributed by atoms with Crippen LogP contribution in [0.15, 0.2) is 24.8 Å². The van der Waals surface area contributed by atoms with Crippen LogP contribution in [0.1, 0.15) is 18.7 Å². The fraction of sp³-hybridized carbons (Fsp3) is 0.353. The lowest BCUT2D eigenvalue weighted by Gasteiger charge is -2.34. The average Bonchev–Trinajstić information content (AvgIpc) is 3.03. The van der Waals surface area contributed by atoms with Gasteiger partial charge in [-0.2, -0.15) is 15.0 Å². The Morgan fingerprint density at radius 1 is 1.14 bits per heavy atom. The number of nitrogens with zero attached hydrogens (tertiary/aromatic N) is 7. The molecular formula is C17H18F3N9. The quantitative estimate of drug-likeness (QED) is 0.645. The van der Waals surface area contributed by atoms with E-state index in [4.69, 9.17) is 0 Å². The molecule has 0 saturated carbocycles. The molecule has 0 spiro atoms. The Hall–Kier alpha value is -3.44. The fourth-order valence-electron chi connectivity index (χ4n) is 2.81. The van der Waals surface area contributed by atoms with Crippen molar-refractivity contribution < 1.29 is 13.2 Å². The Labute approximate surface area is 164 Å². The van der Waals surface area contributed by atoms with Gasteiger partial charge in [0.2, 0.25) is 17.8 Å². The highest BCUT2D eigenvalue weighted by molar-refractivity contribution is 5.52. The number of rotatable bonds is 6. The summed E-state index contributed by atoms with van der Waals surface area (Å²) in [4.78, 5) is 22.5. The summed E-state index contributed by atoms with van der Waals surface area (Å²) < 4.78 is 42.2. The van der Waals surface area contributed by atoms with Gasteiger partial charge in [0.15, 0.2) is 5.82 Å². The fourth-order valence-corrected chi connectivity index (χ4v) is 2.81. The topological polar surface area (TPSA) is 96.7 Å². The summed E-state index contributed by atoms with van der Waals surface area (Å²) in [6.07, 6.45) is 3.34. The maximum absolute atomic E-state index is 14.0. The molecular weight excluding hydrogens is 387 g/mol. The van der Waals surface area contributed by atoms with E-state index in [-0.39, 0.29) is 36.6 Å². The van der Waals surface area contributed by atoms with Crippen LogP contribution in [-0.2, 0) is 7.05 Å². The van der Waals surface area contributed by atoms with E-state index in [0.29, 0.717) is 5.82 Å². The van der Waals surface area contributed by atoms with Gasteiger partial charge in [-0.3, -0.25) is 4.98 Å². The molecule has 4 heterocycles. The third-order valence-electron chi connectivity index (χ3n) is 4.28. The molecule has 2 N–H and O–H groups in total. The van der Waals surface area contributed by atoms with E-state index in [1.807, 2.05) is 7.05 Å². The van der Waals surface area contributed by atoms with E-state index < -0.39 is 23.8 Å². The smallest absolute Gasteiger partial charge is 0.235 e. The molecule has 0 aromatic carbocycles. The lowest BCUT2D eigenvalue weighted by molar-refractivity contribution is 0.272. The Morgan fingerprint density at radius 2 is 1.90 bits per heavy atom. The summed E-state index contributed by atoms with van der Waals surface area (Å²) in [6, 6.07) is 0.105. The number of imidazole rings is 1. The predicted molar refractivity (Wildman–Crippen MR) is 99.6 cm³/mol. The first-order valence-corrected chi connectivity index (χ1v) is 8.85. The number of alkyl halides is 1. The Kier molecular flexibility index (Phi) is 4.91. The second-order valence-corrected chi connectivity index (χ2v) is 6.72. The summed E-state index contributed by atoms with van der Waals surface area (Å²) in [5, 5.41) is 5.89. The zero-order valence-corrected chi connectivity index (χ0v) is 15.6. The van der Waals surface area contributed by atoms with Gasteiger partial charge < -0.3 is 20.1 Å². The highest BCUT2D eigenvalue weighted by Gasteiger charge is 2.29. The monoisotopic (exact) mass is 405 g/mol. The summed E-state index contributed by atoms with van der Waals surface area (Å²) >= 11 is 0. The number of hydrogen-bond donors (Lipinski definition) is 2. The lowest BCUT2D eigenvalue weighted by atomic mass is 10.2. The molecule has 3 aromatic heterocycles. The first-order chi connectivity index (χ1) is 13.9. The standard InChI is InChI=1S/C17H18F3N9/c1-9(14-12(20)3-10(18)4-21-14)23-15-25-16(24-13-7-28(2)8-22-13)27-17(26-15)29-5-11(19)6-29/h3-4,7-9,11H,5-6H2,1-2H3,(H2,23,24,25,26,27). The number of nitrogens with one attached hydrogen (secondary N) is 2. The third kappa shape index (κ3) is 4.20. The van der Waals surface area contributed by atoms with E-state index in [9.17, 15) is 13.2 Å². The van der Waals surface area contributed by atoms with Crippen molar-refractivity contribution >= 4 is 23.7 Å². The molecule has 1 saturated heterocycles. The van der Waals surface area contributed by atoms with Crippen LogP contribution in [0.2, 0.25) is 0 Å². The van der Waals surface area contributed by atoms with Crippen LogP contribution < -0.4 is 15.5 Å². The van der Waals surface area contributed by atoms with Crippen LogP contribution >= 0.6 is 0 Å². The van der Waals surface area contributed by atoms with Gasteiger partial charge in [-0.15, -0.1) is 0 Å². The van der Waals surface area contributed by atoms with Gasteiger partial charge >= 0.3 is 0 Å². The number of hydrogen-bond acceptors (Lipinski definition) is 8. The van der Waals surface area contributed by atoms with Crippen molar-refractivity contribution in [2.45, 2.75) is 19.1 Å². The molecule has 9 nitrogen and oxygen atoms in total. The number of anilines is 4. The SMILES string of the molecule is CC(Nc1nc(Nc2cn(C)cn2)nc(N2CC(F)C2)n1)c1ncc(F)cc1F. The molecule has 1 fully saturated rings. The minimum Gasteiger partial charge on any atom is -0.346 e. The van der Waals surface area contributed by atoms with Gasteiger partial charge in [0, 0.05) is 19.3 Å². The molecule has 0 bridgehead atoms. The van der Waals surface area contributed by atoms with Gasteiger partial charge in [0.05, 0.1) is 37.3 Å². The maximum Gasteiger partial charge on any atom is 0.235 e. The molecule has 0 radical (unpaired) electrons. The lowest BCUT2D eigenvalue weighted by Crippen LogP contribution is -2.49. The van der Waals surface area contributed by atoms with Gasteiger partial charge in [-0.1, -0.05) is 0 Å². The van der Waals surface area contributed by atoms with E-state index in [0.717, 1.165) is 12.3 Å². The molecule has 152 valence electrons. The molecule has 29 heavy (non-hydrogen) atoms. The van der Waals surface area contributed by atoms with E-state index in [1.165, 1.54) is 0 Å². The molecule has 4 rings (SSSR count). The van der Waals surface area contributed by atoms with Crippen LogP contribution in [0.25, 0.3) is 0 Å². The predicted octanol–water partition coefficient (Wildman–Crippen LogP) is 2.35. The molecule has 1 atom stereocenters. The number of pyridine rings is 1. The molecule has 3 aromatic rings. The summed E-state index contributed by atoms with van der Waals surface area (Å²) in [5.74, 6) is -0.432. The molecule has 0 amide bonds. The summed E-state index contributed by atoms with van der Waals surface area (Å²) in [6.45, 7) is 1.99. The minimum absolute atomic E-state index is 0.0142. The van der Waals surface area contributed by atoms with Crippen LogP contribution in [-0.4, -0.2) is 48.7 Å². The van der Waals surface area contributed by atoms with Crippen LogP contribution in [0.5, 0.6) is 0 Å². The van der Waals surface area contributed by atoms with E-state index in [1.54, 1.807) is 28.9 Å². The van der Waals surface area contributed by atoms with Crippen LogP contribution in [0.4, 0.5) is 36.8 Å². The van der Waals surface area contributed by atoms with Crippen molar-refractivity contribution in [3.63, 3.8) is 0 Å². The zero-order chi connectivity index (χ0) is 20.5. The first kappa shape index (κ1) is 18.9. The molecule has 1 aliphatic heterocycles. The normalized spacial score (nSPS) is 15.1. The van der Waals surface area contributed by atoms with E-state index in [2.05, 4.69) is 35.6 Å². The summed E-state index contributed by atoms with van der Waals surface area (Å²) in [7, 11) is 1.82. The van der Waals surface area contributed by atoms with Crippen molar-refractivity contribution in [2.75, 3.05) is 28.6 Å². The molecule has 12 heteroatoms. The van der Waals surface area contributed by atoms with Gasteiger partial charge in [0.25, 0.3) is 0 Å². The summed E-state index contributed by atoms with van der Waals surface area (Å²) in [5.41, 5.74) is 0.0142. The average molecular weight is 405 g/mol. The van der Waals surface area contributed by atoms with Gasteiger partial charge in [-0.25, -0.2) is 18.2 Å². The largest absolute Gasteiger partial charge is 0.346 e. The number of aryl methyl sites for hydroxylation is 1. The number of halogens is 3. The Morgan fingerprint density at radius 3 is 2.55 bits per heavy atom. The van der Waals surface area contributed by atoms with Crippen molar-refractivity contribution in [1.82, 2.24) is 29.5 Å². The maximum atomic E-state index is 14.0. The van der Waals surface area contributed by atoms with Crippen molar-refractivity contribution in [3.05, 3.63) is 42.1 Å². The van der Waals surface area contributed by atoms with Crippen LogP contribution in [0, 0.1) is 11.6 Å². The highest BCUT2D eigenvalue weighted by Crippen LogP contribution is 2.24. The Balaban J connectivity index is 1.60. The second kappa shape index (κ2) is 7.53. The third-order valence-corrected chi connectivity index (χ3v) is 4.28. The van der Waals surface area contributed by atoms with Crippen molar-refractivity contribution in [1.29, 1.82) is 0 Å². The van der Waals surface area contributed by atoms with Crippen molar-refractivity contribution in [2.24, 2.45) is 7.05 Å². The zero-order valence-electron chi connectivity index (χ0n) is 15.6. The minimum atomic E-state index is -0.938. The number of aromatic nitrogens is 6. The van der Waals surface area contributed by atoms with Gasteiger partial charge in [-0.05, 0) is 6.92 Å². The van der Waals surface area contributed by atoms with Crippen LogP contribution in [0.3, 0.4) is 0 Å². The van der Waals surface area contributed by atoms with Gasteiger partial charge in [0.1, 0.15) is 17.8 Å². The Bertz CT molecular complexity index is 1020. The first-order valence-electron chi connectivity index (χ1n) is 8.85.